The zero-order valence-electron chi connectivity index (χ0n) is 26.4. The molecule has 0 saturated carbocycles. The minimum Gasteiger partial charge on any atom is -0.456 e. The Kier molecular flexibility index (Phi) is 6.36. The molecule has 0 radical (unpaired) electrons. The van der Waals surface area contributed by atoms with Crippen molar-refractivity contribution < 1.29 is 4.42 Å². The summed E-state index contributed by atoms with van der Waals surface area (Å²) in [6, 6.07) is 58.3. The maximum atomic E-state index is 6.33. The molecule has 3 aromatic heterocycles. The van der Waals surface area contributed by atoms with Crippen molar-refractivity contribution in [3.8, 4) is 22.3 Å². The number of hydrogen-bond acceptors (Lipinski definition) is 4. The Hall–Kier alpha value is -6.23. The van der Waals surface area contributed by atoms with Gasteiger partial charge in [-0.1, -0.05) is 91.0 Å². The minimum atomic E-state index is 0.875. The number of furan rings is 1. The van der Waals surface area contributed by atoms with Gasteiger partial charge in [0.2, 0.25) is 0 Å². The van der Waals surface area contributed by atoms with Crippen molar-refractivity contribution >= 4 is 81.4 Å². The quantitative estimate of drug-likeness (QED) is 0.187. The summed E-state index contributed by atoms with van der Waals surface area (Å²) in [6.45, 7) is 0. The first-order valence-electron chi connectivity index (χ1n) is 16.4. The van der Waals surface area contributed by atoms with E-state index in [0.29, 0.717) is 0 Å². The van der Waals surface area contributed by atoms with Crippen LogP contribution in [0.25, 0.3) is 75.3 Å². The van der Waals surface area contributed by atoms with Crippen LogP contribution >= 0.6 is 11.3 Å². The summed E-state index contributed by atoms with van der Waals surface area (Å²) in [4.78, 5) is 6.91. The number of nitrogens with zero attached hydrogens (tertiary/aromatic N) is 2. The lowest BCUT2D eigenvalue weighted by Gasteiger charge is -2.26. The highest BCUT2D eigenvalue weighted by molar-refractivity contribution is 7.26. The molecule has 0 N–H and O–H groups in total. The van der Waals surface area contributed by atoms with Gasteiger partial charge in [0.1, 0.15) is 11.2 Å². The molecule has 49 heavy (non-hydrogen) atoms. The third-order valence-electron chi connectivity index (χ3n) is 9.53. The highest BCUT2D eigenvalue weighted by atomic mass is 32.1. The number of para-hydroxylation sites is 1. The van der Waals surface area contributed by atoms with Crippen LogP contribution in [-0.4, -0.2) is 4.98 Å². The number of hydrogen-bond donors (Lipinski definition) is 0. The van der Waals surface area contributed by atoms with E-state index in [2.05, 4.69) is 155 Å². The average molecular weight is 645 g/mol. The van der Waals surface area contributed by atoms with Crippen molar-refractivity contribution in [1.82, 2.24) is 4.98 Å². The van der Waals surface area contributed by atoms with Crippen LogP contribution in [0.5, 0.6) is 0 Å². The highest BCUT2D eigenvalue weighted by Crippen LogP contribution is 2.44. The van der Waals surface area contributed by atoms with Crippen LogP contribution in [0.2, 0.25) is 0 Å². The van der Waals surface area contributed by atoms with E-state index in [1.165, 1.54) is 47.8 Å². The van der Waals surface area contributed by atoms with E-state index in [-0.39, 0.29) is 0 Å². The van der Waals surface area contributed by atoms with Gasteiger partial charge < -0.3 is 9.32 Å². The van der Waals surface area contributed by atoms with Gasteiger partial charge in [0.15, 0.2) is 0 Å². The van der Waals surface area contributed by atoms with E-state index in [4.69, 9.17) is 4.42 Å². The molecule has 4 heteroatoms. The maximum Gasteiger partial charge on any atom is 0.137 e. The fraction of sp³-hybridized carbons (Fsp3) is 0. The van der Waals surface area contributed by atoms with Crippen molar-refractivity contribution in [3.05, 3.63) is 170 Å². The van der Waals surface area contributed by atoms with Crippen LogP contribution in [0.3, 0.4) is 0 Å². The fourth-order valence-corrected chi connectivity index (χ4v) is 8.45. The summed E-state index contributed by atoms with van der Waals surface area (Å²) in [7, 11) is 0. The molecule has 10 rings (SSSR count). The third-order valence-corrected chi connectivity index (χ3v) is 10.7. The van der Waals surface area contributed by atoms with Gasteiger partial charge in [-0.25, -0.2) is 0 Å². The molecule has 0 fully saturated rings. The zero-order valence-corrected chi connectivity index (χ0v) is 27.2. The van der Waals surface area contributed by atoms with Gasteiger partial charge in [0.25, 0.3) is 0 Å². The predicted molar refractivity (Wildman–Crippen MR) is 207 cm³/mol. The Morgan fingerprint density at radius 3 is 1.98 bits per heavy atom. The van der Waals surface area contributed by atoms with Crippen molar-refractivity contribution in [2.75, 3.05) is 4.90 Å². The summed E-state index contributed by atoms with van der Waals surface area (Å²) >= 11 is 1.85. The lowest BCUT2D eigenvalue weighted by atomic mass is 9.98. The molecule has 0 bridgehead atoms. The molecule has 230 valence electrons. The SMILES string of the molecule is c1ccc(-c2ccc(N(c3ccc(-c4cccc5sc6c7cccnc7ccc6c45)cc3)c3ccc4c(c3)oc3ccccc34)cc2)cc1. The number of pyridine rings is 1. The van der Waals surface area contributed by atoms with E-state index in [1.807, 2.05) is 35.7 Å². The monoisotopic (exact) mass is 644 g/mol. The summed E-state index contributed by atoms with van der Waals surface area (Å²) in [6.07, 6.45) is 1.87. The van der Waals surface area contributed by atoms with Crippen molar-refractivity contribution in [3.63, 3.8) is 0 Å². The molecule has 0 unspecified atom stereocenters. The van der Waals surface area contributed by atoms with E-state index in [1.54, 1.807) is 0 Å². The molecule has 10 aromatic rings. The van der Waals surface area contributed by atoms with Crippen LogP contribution in [0.4, 0.5) is 17.1 Å². The Labute approximate surface area is 286 Å². The average Bonchev–Trinajstić information content (AvgIpc) is 3.74. The van der Waals surface area contributed by atoms with E-state index >= 15 is 0 Å². The van der Waals surface area contributed by atoms with E-state index in [9.17, 15) is 0 Å². The molecular weight excluding hydrogens is 617 g/mol. The second-order valence-corrected chi connectivity index (χ2v) is 13.4. The normalized spacial score (nSPS) is 11.7. The molecule has 3 nitrogen and oxygen atoms in total. The zero-order chi connectivity index (χ0) is 32.3. The van der Waals surface area contributed by atoms with Gasteiger partial charge in [0.05, 0.1) is 5.52 Å². The van der Waals surface area contributed by atoms with Crippen LogP contribution in [0.1, 0.15) is 0 Å². The number of benzene rings is 7. The van der Waals surface area contributed by atoms with Crippen molar-refractivity contribution in [1.29, 1.82) is 0 Å². The summed E-state index contributed by atoms with van der Waals surface area (Å²) in [5.41, 5.74) is 10.8. The molecule has 0 saturated heterocycles. The Bertz CT molecular complexity index is 2810. The van der Waals surface area contributed by atoms with Gasteiger partial charge in [-0.2, -0.15) is 0 Å². The number of fused-ring (bicyclic) bond motifs is 8. The van der Waals surface area contributed by atoms with Gasteiger partial charge in [-0.05, 0) is 89.0 Å². The summed E-state index contributed by atoms with van der Waals surface area (Å²) in [5, 5.41) is 6.03. The molecule has 0 aliphatic heterocycles. The first-order chi connectivity index (χ1) is 24.3. The summed E-state index contributed by atoms with van der Waals surface area (Å²) < 4.78 is 8.91. The molecule has 0 aliphatic carbocycles. The number of aromatic nitrogens is 1. The lowest BCUT2D eigenvalue weighted by Crippen LogP contribution is -2.09. The topological polar surface area (TPSA) is 29.3 Å². The van der Waals surface area contributed by atoms with Gasteiger partial charge in [0, 0.05) is 65.7 Å². The smallest absolute Gasteiger partial charge is 0.137 e. The van der Waals surface area contributed by atoms with E-state index < -0.39 is 0 Å². The third kappa shape index (κ3) is 4.61. The largest absolute Gasteiger partial charge is 0.456 e. The summed E-state index contributed by atoms with van der Waals surface area (Å²) in [5.74, 6) is 0. The molecule has 7 aromatic carbocycles. The first kappa shape index (κ1) is 27.8. The fourth-order valence-electron chi connectivity index (χ4n) is 7.20. The molecule has 3 heterocycles. The van der Waals surface area contributed by atoms with Crippen LogP contribution in [0, 0.1) is 0 Å². The Morgan fingerprint density at radius 1 is 0.469 bits per heavy atom. The Morgan fingerprint density at radius 2 is 1.14 bits per heavy atom. The van der Waals surface area contributed by atoms with E-state index in [0.717, 1.165) is 44.5 Å². The second kappa shape index (κ2) is 11.2. The Balaban J connectivity index is 1.10. The first-order valence-corrected chi connectivity index (χ1v) is 17.3. The predicted octanol–water partition coefficient (Wildman–Crippen LogP) is 13.3. The number of anilines is 3. The van der Waals surface area contributed by atoms with Crippen LogP contribution in [0.15, 0.2) is 174 Å². The highest BCUT2D eigenvalue weighted by Gasteiger charge is 2.17. The second-order valence-electron chi connectivity index (χ2n) is 12.4. The van der Waals surface area contributed by atoms with Crippen LogP contribution in [-0.2, 0) is 0 Å². The van der Waals surface area contributed by atoms with Gasteiger partial charge >= 0.3 is 0 Å². The van der Waals surface area contributed by atoms with Gasteiger partial charge in [-0.3, -0.25) is 4.98 Å². The molecule has 0 atom stereocenters. The molecular formula is C45H28N2OS. The van der Waals surface area contributed by atoms with Crippen molar-refractivity contribution in [2.24, 2.45) is 0 Å². The van der Waals surface area contributed by atoms with Crippen LogP contribution < -0.4 is 4.90 Å². The van der Waals surface area contributed by atoms with Crippen molar-refractivity contribution in [2.45, 2.75) is 0 Å². The molecule has 0 spiro atoms. The maximum absolute atomic E-state index is 6.33. The minimum absolute atomic E-state index is 0.875. The van der Waals surface area contributed by atoms with Gasteiger partial charge in [-0.15, -0.1) is 11.3 Å². The standard InChI is InChI=1S/C45H28N2OS/c1-2-8-29(9-3-1)30-15-19-32(20-16-30)47(34-23-24-37-36-10-4-5-13-41(36)48-42(37)28-34)33-21-17-31(18-22-33)35-11-6-14-43-44(35)39-25-26-40-38(45(39)49-43)12-7-27-46-40/h1-28H. The number of rotatable bonds is 5. The number of thiophene rings is 1. The lowest BCUT2D eigenvalue weighted by molar-refractivity contribution is 0.669. The molecule has 0 aliphatic rings. The molecule has 0 amide bonds.